The fourth-order valence-electron chi connectivity index (χ4n) is 4.85. The van der Waals surface area contributed by atoms with Crippen LogP contribution in [-0.4, -0.2) is 44.8 Å². The molecule has 8 nitrogen and oxygen atoms in total. The zero-order chi connectivity index (χ0) is 22.6. The number of carbonyl (C=O) groups is 2. The second-order valence-corrected chi connectivity index (χ2v) is 8.39. The molecule has 10 heteroatoms. The van der Waals surface area contributed by atoms with Crippen molar-refractivity contribution in [2.45, 2.75) is 57.1 Å². The van der Waals surface area contributed by atoms with Gasteiger partial charge >= 0.3 is 0 Å². The summed E-state index contributed by atoms with van der Waals surface area (Å²) in [7, 11) is 0. The number of amides is 2. The maximum Gasteiger partial charge on any atom is 0.276 e. The lowest BCUT2D eigenvalue weighted by atomic mass is 9.89. The van der Waals surface area contributed by atoms with Crippen molar-refractivity contribution in [3.63, 3.8) is 0 Å². The molecule has 1 saturated heterocycles. The smallest absolute Gasteiger partial charge is 0.276 e. The third kappa shape index (κ3) is 3.35. The van der Waals surface area contributed by atoms with E-state index in [0.29, 0.717) is 6.07 Å². The predicted octanol–water partition coefficient (Wildman–Crippen LogP) is 1.89. The lowest BCUT2D eigenvalue weighted by Gasteiger charge is -2.50. The number of nitrogens with zero attached hydrogens (tertiary/aromatic N) is 2. The molecular weight excluding hydrogens is 424 g/mol. The van der Waals surface area contributed by atoms with Crippen molar-refractivity contribution < 1.29 is 28.2 Å². The Morgan fingerprint density at radius 3 is 2.84 bits per heavy atom. The van der Waals surface area contributed by atoms with Gasteiger partial charge in [0, 0.05) is 30.4 Å². The summed E-state index contributed by atoms with van der Waals surface area (Å²) in [6.45, 7) is -0.108. The first-order valence-corrected chi connectivity index (χ1v) is 10.5. The Balaban J connectivity index is 1.43. The van der Waals surface area contributed by atoms with Gasteiger partial charge in [0.1, 0.15) is 17.2 Å². The van der Waals surface area contributed by atoms with Crippen molar-refractivity contribution in [2.24, 2.45) is 0 Å². The minimum Gasteiger partial charge on any atom is -0.503 e. The summed E-state index contributed by atoms with van der Waals surface area (Å²) >= 11 is 0. The lowest BCUT2D eigenvalue weighted by molar-refractivity contribution is -0.170. The van der Waals surface area contributed by atoms with Gasteiger partial charge in [-0.1, -0.05) is 6.07 Å². The number of halogens is 2. The summed E-state index contributed by atoms with van der Waals surface area (Å²) in [4.78, 5) is 40.0. The highest BCUT2D eigenvalue weighted by atomic mass is 19.1. The van der Waals surface area contributed by atoms with Crippen molar-refractivity contribution >= 4 is 11.8 Å². The number of aromatic nitrogens is 1. The van der Waals surface area contributed by atoms with Gasteiger partial charge in [0.25, 0.3) is 11.8 Å². The molecule has 168 valence electrons. The van der Waals surface area contributed by atoms with E-state index in [1.165, 1.54) is 16.8 Å². The van der Waals surface area contributed by atoms with Crippen LogP contribution in [-0.2, 0) is 17.8 Å². The summed E-state index contributed by atoms with van der Waals surface area (Å²) in [6.07, 6.45) is 4.18. The van der Waals surface area contributed by atoms with Crippen molar-refractivity contribution in [3.05, 3.63) is 63.1 Å². The number of hydrogen-bond donors (Lipinski definition) is 2. The summed E-state index contributed by atoms with van der Waals surface area (Å²) < 4.78 is 34.3. The summed E-state index contributed by atoms with van der Waals surface area (Å²) in [5, 5.41) is 12.9. The first-order chi connectivity index (χ1) is 15.3. The van der Waals surface area contributed by atoms with Crippen molar-refractivity contribution in [3.8, 4) is 5.75 Å². The number of rotatable bonds is 3. The van der Waals surface area contributed by atoms with Crippen LogP contribution in [0.3, 0.4) is 0 Å². The second kappa shape index (κ2) is 7.70. The van der Waals surface area contributed by atoms with Crippen LogP contribution in [0.2, 0.25) is 0 Å². The Bertz CT molecular complexity index is 1180. The van der Waals surface area contributed by atoms with E-state index >= 15 is 0 Å². The van der Waals surface area contributed by atoms with Crippen LogP contribution in [0.5, 0.6) is 5.75 Å². The minimum absolute atomic E-state index is 0.00293. The van der Waals surface area contributed by atoms with Gasteiger partial charge < -0.3 is 24.6 Å². The molecule has 1 aromatic heterocycles. The number of aromatic hydroxyl groups is 1. The largest absolute Gasteiger partial charge is 0.503 e. The molecule has 32 heavy (non-hydrogen) atoms. The molecule has 0 radical (unpaired) electrons. The van der Waals surface area contributed by atoms with E-state index in [-0.39, 0.29) is 42.1 Å². The Morgan fingerprint density at radius 2 is 2.06 bits per heavy atom. The van der Waals surface area contributed by atoms with E-state index in [0.717, 1.165) is 31.7 Å². The number of nitrogens with one attached hydrogen (secondary N) is 1. The molecule has 1 unspecified atom stereocenters. The highest BCUT2D eigenvalue weighted by Gasteiger charge is 2.46. The molecule has 0 spiro atoms. The minimum atomic E-state index is -0.987. The number of fused-ring (bicyclic) bond motifs is 5. The zero-order valence-electron chi connectivity index (χ0n) is 17.0. The van der Waals surface area contributed by atoms with Crippen LogP contribution in [0.4, 0.5) is 8.78 Å². The van der Waals surface area contributed by atoms with Crippen LogP contribution in [0.15, 0.2) is 29.2 Å². The van der Waals surface area contributed by atoms with Crippen LogP contribution >= 0.6 is 0 Å². The molecule has 2 N–H and O–H groups in total. The molecule has 5 rings (SSSR count). The highest BCUT2D eigenvalue weighted by molar-refractivity contribution is 5.99. The lowest BCUT2D eigenvalue weighted by Crippen LogP contribution is -2.60. The van der Waals surface area contributed by atoms with Gasteiger partial charge in [0.05, 0.1) is 12.6 Å². The Labute approximate surface area is 181 Å². The Hall–Kier alpha value is -3.27. The van der Waals surface area contributed by atoms with Crippen molar-refractivity contribution in [2.75, 3.05) is 0 Å². The van der Waals surface area contributed by atoms with Gasteiger partial charge in [-0.2, -0.15) is 0 Å². The molecular formula is C22H21F2N3O5. The number of carbonyl (C=O) groups excluding carboxylic acids is 2. The number of pyridine rings is 1. The fraction of sp³-hybridized carbons (Fsp3) is 0.409. The predicted molar refractivity (Wildman–Crippen MR) is 107 cm³/mol. The van der Waals surface area contributed by atoms with Gasteiger partial charge in [0.15, 0.2) is 17.7 Å². The van der Waals surface area contributed by atoms with Crippen LogP contribution in [0.25, 0.3) is 0 Å². The van der Waals surface area contributed by atoms with Crippen LogP contribution in [0.1, 0.15) is 52.1 Å². The molecule has 1 saturated carbocycles. The molecule has 2 amide bonds. The van der Waals surface area contributed by atoms with E-state index in [9.17, 15) is 28.3 Å². The van der Waals surface area contributed by atoms with Gasteiger partial charge in [-0.25, -0.2) is 8.78 Å². The van der Waals surface area contributed by atoms with E-state index in [4.69, 9.17) is 4.74 Å². The van der Waals surface area contributed by atoms with Crippen LogP contribution < -0.4 is 10.7 Å². The van der Waals surface area contributed by atoms with Gasteiger partial charge in [-0.05, 0) is 31.7 Å². The highest BCUT2D eigenvalue weighted by Crippen LogP contribution is 2.37. The standard InChI is InChI=1S/C22H21F2N3O5/c23-12-5-4-11(16(24)6-12)8-25-21(30)15-9-26-10-17-27(13-2-1-3-14(7-13)32-17)22(31)18(26)20(29)19(15)28/h4-6,9,13-14,17,29H,1-3,7-8,10H2,(H,25,30)/t13-,14+,17?/m1/s1. The molecule has 3 atom stereocenters. The van der Waals surface area contributed by atoms with E-state index in [1.807, 2.05) is 0 Å². The topological polar surface area (TPSA) is 101 Å². The second-order valence-electron chi connectivity index (χ2n) is 8.39. The van der Waals surface area contributed by atoms with E-state index in [2.05, 4.69) is 5.32 Å². The quantitative estimate of drug-likeness (QED) is 0.752. The van der Waals surface area contributed by atoms with Crippen LogP contribution in [0, 0.1) is 11.6 Å². The number of hydrogen-bond acceptors (Lipinski definition) is 5. The summed E-state index contributed by atoms with van der Waals surface area (Å²) in [5.74, 6) is -3.72. The van der Waals surface area contributed by atoms with Gasteiger partial charge in [-0.3, -0.25) is 14.4 Å². The maximum absolute atomic E-state index is 13.8. The molecule has 1 aliphatic carbocycles. The van der Waals surface area contributed by atoms with Gasteiger partial charge in [-0.15, -0.1) is 0 Å². The Kier molecular flexibility index (Phi) is 4.96. The molecule has 3 heterocycles. The molecule has 2 aliphatic heterocycles. The number of ether oxygens (including phenoxy) is 1. The molecule has 1 aromatic carbocycles. The van der Waals surface area contributed by atoms with Crippen molar-refractivity contribution in [1.29, 1.82) is 0 Å². The third-order valence-corrected chi connectivity index (χ3v) is 6.40. The summed E-state index contributed by atoms with van der Waals surface area (Å²) in [6, 6.07) is 2.93. The molecule has 2 aromatic rings. The maximum atomic E-state index is 13.8. The SMILES string of the molecule is O=C(NCc1ccc(F)cc1F)c1cn2c(c(O)c1=O)C(=O)N1C(C2)O[C@H]2CCC[C@@H]1C2. The average Bonchev–Trinajstić information content (AvgIpc) is 2.75. The molecule has 2 fully saturated rings. The zero-order valence-corrected chi connectivity index (χ0v) is 17.0. The normalized spacial score (nSPS) is 24.0. The summed E-state index contributed by atoms with van der Waals surface area (Å²) in [5.41, 5.74) is -1.50. The monoisotopic (exact) mass is 445 g/mol. The Morgan fingerprint density at radius 1 is 1.25 bits per heavy atom. The molecule has 2 bridgehead atoms. The van der Waals surface area contributed by atoms with E-state index in [1.54, 1.807) is 4.90 Å². The third-order valence-electron chi connectivity index (χ3n) is 6.40. The van der Waals surface area contributed by atoms with E-state index < -0.39 is 40.9 Å². The fourth-order valence-corrected chi connectivity index (χ4v) is 4.85. The number of benzene rings is 1. The van der Waals surface area contributed by atoms with Gasteiger partial charge in [0.2, 0.25) is 5.43 Å². The first-order valence-electron chi connectivity index (χ1n) is 10.5. The average molecular weight is 445 g/mol. The van der Waals surface area contributed by atoms with Crippen molar-refractivity contribution in [1.82, 2.24) is 14.8 Å². The molecule has 3 aliphatic rings. The first kappa shape index (κ1) is 20.6.